The second kappa shape index (κ2) is 7.83. The maximum Gasteiger partial charge on any atom is 0.0988 e. The summed E-state index contributed by atoms with van der Waals surface area (Å²) in [6, 6.07) is 29.3. The summed E-state index contributed by atoms with van der Waals surface area (Å²) in [7, 11) is 0. The maximum atomic E-state index is 11.3. The van der Waals surface area contributed by atoms with E-state index in [9.17, 15) is 10.2 Å². The van der Waals surface area contributed by atoms with Crippen molar-refractivity contribution >= 4 is 11.6 Å². The Hall–Kier alpha value is -2.13. The number of aliphatic hydroxyl groups is 2. The molecule has 0 aromatic heterocycles. The molecule has 3 aromatic rings. The van der Waals surface area contributed by atoms with Crippen LogP contribution in [0, 0.1) is 0 Å². The van der Waals surface area contributed by atoms with Gasteiger partial charge in [0.15, 0.2) is 0 Å². The van der Waals surface area contributed by atoms with Gasteiger partial charge in [-0.15, -0.1) is 11.6 Å². The fourth-order valence-corrected chi connectivity index (χ4v) is 3.66. The number of alkyl halides is 1. The zero-order valence-electron chi connectivity index (χ0n) is 13.8. The zero-order chi connectivity index (χ0) is 17.7. The van der Waals surface area contributed by atoms with Crippen LogP contribution in [-0.2, 0) is 5.41 Å². The van der Waals surface area contributed by atoms with E-state index in [1.165, 1.54) is 0 Å². The van der Waals surface area contributed by atoms with Gasteiger partial charge in [-0.05, 0) is 16.7 Å². The second-order valence-electron chi connectivity index (χ2n) is 6.07. The summed E-state index contributed by atoms with van der Waals surface area (Å²) >= 11 is 5.91. The average Bonchev–Trinajstić information content (AvgIpc) is 2.70. The monoisotopic (exact) mass is 352 g/mol. The molecular weight excluding hydrogens is 332 g/mol. The van der Waals surface area contributed by atoms with E-state index in [-0.39, 0.29) is 5.88 Å². The lowest BCUT2D eigenvalue weighted by molar-refractivity contribution is 0.00234. The zero-order valence-corrected chi connectivity index (χ0v) is 14.6. The molecular formula is C22H21ClO2. The molecule has 3 heteroatoms. The van der Waals surface area contributed by atoms with Crippen LogP contribution in [0.2, 0.25) is 0 Å². The lowest BCUT2D eigenvalue weighted by Crippen LogP contribution is -2.49. The van der Waals surface area contributed by atoms with E-state index in [0.29, 0.717) is 0 Å². The first kappa shape index (κ1) is 17.7. The quantitative estimate of drug-likeness (QED) is 0.520. The van der Waals surface area contributed by atoms with E-state index in [2.05, 4.69) is 0 Å². The first-order valence-corrected chi connectivity index (χ1v) is 8.83. The van der Waals surface area contributed by atoms with Gasteiger partial charge >= 0.3 is 0 Å². The Labute approximate surface area is 153 Å². The molecule has 0 aliphatic heterocycles. The number of halogens is 1. The van der Waals surface area contributed by atoms with Crippen molar-refractivity contribution in [3.8, 4) is 0 Å². The van der Waals surface area contributed by atoms with Gasteiger partial charge in [-0.25, -0.2) is 0 Å². The van der Waals surface area contributed by atoms with Gasteiger partial charge in [0.1, 0.15) is 0 Å². The molecule has 2 nitrogen and oxygen atoms in total. The predicted octanol–water partition coefficient (Wildman–Crippen LogP) is 3.98. The van der Waals surface area contributed by atoms with Gasteiger partial charge in [0, 0.05) is 0 Å². The number of aliphatic hydroxyl groups excluding tert-OH is 2. The first-order valence-electron chi connectivity index (χ1n) is 8.30. The third-order valence-corrected chi connectivity index (χ3v) is 4.97. The van der Waals surface area contributed by atoms with E-state index in [4.69, 9.17) is 11.6 Å². The molecule has 0 heterocycles. The number of benzene rings is 3. The summed E-state index contributed by atoms with van der Waals surface area (Å²) in [5.74, 6) is -0.0462. The van der Waals surface area contributed by atoms with Crippen LogP contribution in [0.5, 0.6) is 0 Å². The Morgan fingerprint density at radius 1 is 0.640 bits per heavy atom. The molecule has 0 radical (unpaired) electrons. The van der Waals surface area contributed by atoms with Crippen LogP contribution in [0.1, 0.15) is 16.7 Å². The molecule has 2 atom stereocenters. The highest BCUT2D eigenvalue weighted by Crippen LogP contribution is 2.43. The van der Waals surface area contributed by atoms with Crippen LogP contribution < -0.4 is 0 Å². The van der Waals surface area contributed by atoms with Gasteiger partial charge in [0.05, 0.1) is 23.5 Å². The lowest BCUT2D eigenvalue weighted by atomic mass is 9.64. The third kappa shape index (κ3) is 3.21. The Morgan fingerprint density at radius 3 is 1.24 bits per heavy atom. The van der Waals surface area contributed by atoms with Crippen LogP contribution in [0.4, 0.5) is 0 Å². The van der Waals surface area contributed by atoms with Gasteiger partial charge in [-0.1, -0.05) is 91.0 Å². The minimum absolute atomic E-state index is 0.0462. The molecule has 2 N–H and O–H groups in total. The molecule has 0 spiro atoms. The van der Waals surface area contributed by atoms with Gasteiger partial charge in [0.25, 0.3) is 0 Å². The number of hydrogen-bond acceptors (Lipinski definition) is 2. The second-order valence-corrected chi connectivity index (χ2v) is 6.38. The molecule has 2 unspecified atom stereocenters. The summed E-state index contributed by atoms with van der Waals surface area (Å²) in [6.45, 7) is 0. The fraction of sp³-hybridized carbons (Fsp3) is 0.182. The Kier molecular flexibility index (Phi) is 5.54. The summed E-state index contributed by atoms with van der Waals surface area (Å²) in [5.41, 5.74) is 1.80. The van der Waals surface area contributed by atoms with Crippen LogP contribution in [0.3, 0.4) is 0 Å². The van der Waals surface area contributed by atoms with Crippen molar-refractivity contribution < 1.29 is 10.2 Å². The molecule has 0 saturated carbocycles. The van der Waals surface area contributed by atoms with Crippen LogP contribution >= 0.6 is 11.6 Å². The lowest BCUT2D eigenvalue weighted by Gasteiger charge is -2.41. The predicted molar refractivity (Wildman–Crippen MR) is 102 cm³/mol. The molecule has 25 heavy (non-hydrogen) atoms. The van der Waals surface area contributed by atoms with Crippen molar-refractivity contribution in [2.75, 3.05) is 5.88 Å². The van der Waals surface area contributed by atoms with Crippen LogP contribution in [-0.4, -0.2) is 28.3 Å². The molecule has 128 valence electrons. The Bertz CT molecular complexity index is 678. The number of hydrogen-bond donors (Lipinski definition) is 2. The van der Waals surface area contributed by atoms with E-state index < -0.39 is 17.6 Å². The third-order valence-electron chi connectivity index (χ3n) is 4.65. The summed E-state index contributed by atoms with van der Waals surface area (Å²) < 4.78 is 0. The molecule has 0 aliphatic rings. The van der Waals surface area contributed by atoms with E-state index in [1.807, 2.05) is 91.0 Å². The van der Waals surface area contributed by atoms with E-state index in [1.54, 1.807) is 0 Å². The van der Waals surface area contributed by atoms with Crippen molar-refractivity contribution in [3.63, 3.8) is 0 Å². The van der Waals surface area contributed by atoms with Gasteiger partial charge < -0.3 is 10.2 Å². The maximum absolute atomic E-state index is 11.3. The first-order chi connectivity index (χ1) is 12.2. The Morgan fingerprint density at radius 2 is 0.960 bits per heavy atom. The topological polar surface area (TPSA) is 40.5 Å². The van der Waals surface area contributed by atoms with E-state index in [0.717, 1.165) is 16.7 Å². The van der Waals surface area contributed by atoms with Gasteiger partial charge in [-0.2, -0.15) is 0 Å². The molecule has 3 aromatic carbocycles. The van der Waals surface area contributed by atoms with Crippen LogP contribution in [0.15, 0.2) is 91.0 Å². The van der Waals surface area contributed by atoms with Gasteiger partial charge in [0.2, 0.25) is 0 Å². The summed E-state index contributed by atoms with van der Waals surface area (Å²) in [4.78, 5) is 0. The fourth-order valence-electron chi connectivity index (χ4n) is 3.49. The minimum Gasteiger partial charge on any atom is -0.389 e. The molecule has 0 amide bonds. The molecule has 0 saturated heterocycles. The van der Waals surface area contributed by atoms with E-state index >= 15 is 0 Å². The van der Waals surface area contributed by atoms with Crippen molar-refractivity contribution in [1.29, 1.82) is 0 Å². The molecule has 0 fully saturated rings. The normalized spacial score (nSPS) is 14.0. The highest BCUT2D eigenvalue weighted by atomic mass is 35.5. The highest BCUT2D eigenvalue weighted by molar-refractivity contribution is 6.18. The van der Waals surface area contributed by atoms with Crippen molar-refractivity contribution in [1.82, 2.24) is 0 Å². The molecule has 3 rings (SSSR count). The summed E-state index contributed by atoms with van der Waals surface area (Å²) in [6.07, 6.45) is -2.17. The Balaban J connectivity index is 2.36. The van der Waals surface area contributed by atoms with Gasteiger partial charge in [-0.3, -0.25) is 0 Å². The van der Waals surface area contributed by atoms with Crippen molar-refractivity contribution in [2.45, 2.75) is 17.6 Å². The minimum atomic E-state index is -1.10. The van der Waals surface area contributed by atoms with Crippen molar-refractivity contribution in [3.05, 3.63) is 108 Å². The molecule has 0 bridgehead atoms. The smallest absolute Gasteiger partial charge is 0.0988 e. The van der Waals surface area contributed by atoms with Crippen LogP contribution in [0.25, 0.3) is 0 Å². The largest absolute Gasteiger partial charge is 0.389 e. The SMILES string of the molecule is OC(CCl)C(O)C(c1ccccc1)(c1ccccc1)c1ccccc1. The average molecular weight is 353 g/mol. The summed E-state index contributed by atoms with van der Waals surface area (Å²) in [5, 5.41) is 21.7. The highest BCUT2D eigenvalue weighted by Gasteiger charge is 2.45. The van der Waals surface area contributed by atoms with Crippen molar-refractivity contribution in [2.24, 2.45) is 0 Å². The number of rotatable bonds is 6. The molecule has 0 aliphatic carbocycles. The standard InChI is InChI=1S/C22H21ClO2/c23-16-20(24)21(25)22(17-10-4-1-5-11-17,18-12-6-2-7-13-18)19-14-8-3-9-15-19/h1-15,20-21,24-25H,16H2.